The van der Waals surface area contributed by atoms with Gasteiger partial charge in [0.05, 0.1) is 0 Å². The number of likely N-dealkylation sites (N-methyl/N-ethyl adjacent to an activating group) is 1. The summed E-state index contributed by atoms with van der Waals surface area (Å²) in [6, 6.07) is -1.15. The van der Waals surface area contributed by atoms with Gasteiger partial charge in [0.2, 0.25) is 0 Å². The van der Waals surface area contributed by atoms with Crippen LogP contribution in [0.25, 0.3) is 0 Å². The number of methoxy groups -OCH3 is 1. The number of carboxylic acids is 1. The molecule has 0 aliphatic carbocycles. The Bertz CT molecular complexity index is 233. The minimum absolute atomic E-state index is 0.370. The number of carboxylic acid groups (broad SMARTS) is 1. The Morgan fingerprint density at radius 3 is 2.56 bits per heavy atom. The predicted octanol–water partition coefficient (Wildman–Crippen LogP) is 0.527. The maximum atomic E-state index is 11.5. The summed E-state index contributed by atoms with van der Waals surface area (Å²) in [7, 11) is 3.07. The quantitative estimate of drug-likeness (QED) is 0.627. The van der Waals surface area contributed by atoms with Crippen molar-refractivity contribution in [2.24, 2.45) is 0 Å². The van der Waals surface area contributed by atoms with Crippen molar-refractivity contribution >= 4 is 12.0 Å². The molecule has 6 nitrogen and oxygen atoms in total. The van der Waals surface area contributed by atoms with Crippen molar-refractivity contribution < 1.29 is 19.4 Å². The number of nitrogens with one attached hydrogen (secondary N) is 1. The van der Waals surface area contributed by atoms with Gasteiger partial charge in [0.1, 0.15) is 6.04 Å². The molecule has 2 amide bonds. The molecule has 0 saturated carbocycles. The summed E-state index contributed by atoms with van der Waals surface area (Å²) in [5.74, 6) is -0.989. The van der Waals surface area contributed by atoms with Gasteiger partial charge in [0.25, 0.3) is 0 Å². The van der Waals surface area contributed by atoms with E-state index in [4.69, 9.17) is 9.84 Å². The molecular weight excluding hydrogens is 212 g/mol. The summed E-state index contributed by atoms with van der Waals surface area (Å²) in [4.78, 5) is 23.5. The van der Waals surface area contributed by atoms with E-state index in [1.54, 1.807) is 14.0 Å². The van der Waals surface area contributed by atoms with Crippen LogP contribution in [-0.2, 0) is 9.53 Å². The summed E-state index contributed by atoms with van der Waals surface area (Å²) >= 11 is 0. The highest BCUT2D eigenvalue weighted by molar-refractivity contribution is 5.82. The molecule has 0 aromatic heterocycles. The van der Waals surface area contributed by atoms with Crippen LogP contribution < -0.4 is 5.32 Å². The molecule has 0 aliphatic heterocycles. The van der Waals surface area contributed by atoms with E-state index >= 15 is 0 Å². The van der Waals surface area contributed by atoms with Gasteiger partial charge in [-0.15, -0.1) is 0 Å². The van der Waals surface area contributed by atoms with E-state index in [0.717, 1.165) is 0 Å². The lowest BCUT2D eigenvalue weighted by Crippen LogP contribution is -2.47. The van der Waals surface area contributed by atoms with Crippen LogP contribution in [0.2, 0.25) is 0 Å². The van der Waals surface area contributed by atoms with E-state index in [9.17, 15) is 9.59 Å². The van der Waals surface area contributed by atoms with Crippen LogP contribution in [0.1, 0.15) is 19.8 Å². The zero-order chi connectivity index (χ0) is 12.6. The van der Waals surface area contributed by atoms with Crippen molar-refractivity contribution in [3.63, 3.8) is 0 Å². The van der Waals surface area contributed by atoms with Gasteiger partial charge in [-0.25, -0.2) is 9.59 Å². The monoisotopic (exact) mass is 232 g/mol. The van der Waals surface area contributed by atoms with Crippen LogP contribution in [0.3, 0.4) is 0 Å². The maximum Gasteiger partial charge on any atom is 0.326 e. The normalized spacial score (nSPS) is 11.9. The van der Waals surface area contributed by atoms with Crippen LogP contribution in [0, 0.1) is 0 Å². The SMILES string of the molecule is CCC(C(=O)O)N(C)C(=O)NCCCOC. The Balaban J connectivity index is 4.01. The van der Waals surface area contributed by atoms with Gasteiger partial charge in [-0.1, -0.05) is 6.92 Å². The van der Waals surface area contributed by atoms with E-state index in [-0.39, 0.29) is 6.03 Å². The average Bonchev–Trinajstić information content (AvgIpc) is 2.24. The molecule has 0 bridgehead atoms. The Labute approximate surface area is 95.6 Å². The molecule has 16 heavy (non-hydrogen) atoms. The van der Waals surface area contributed by atoms with Crippen LogP contribution in [0.4, 0.5) is 4.79 Å². The lowest BCUT2D eigenvalue weighted by molar-refractivity contribution is -0.141. The minimum atomic E-state index is -0.989. The highest BCUT2D eigenvalue weighted by Crippen LogP contribution is 2.01. The lowest BCUT2D eigenvalue weighted by atomic mass is 10.2. The first kappa shape index (κ1) is 14.7. The number of hydrogen-bond acceptors (Lipinski definition) is 3. The number of ether oxygens (including phenoxy) is 1. The fourth-order valence-electron chi connectivity index (χ4n) is 1.29. The topological polar surface area (TPSA) is 78.9 Å². The third-order valence-electron chi connectivity index (χ3n) is 2.26. The second-order valence-electron chi connectivity index (χ2n) is 3.45. The maximum absolute atomic E-state index is 11.5. The van der Waals surface area contributed by atoms with Crippen LogP contribution in [0.5, 0.6) is 0 Å². The van der Waals surface area contributed by atoms with E-state index in [1.165, 1.54) is 11.9 Å². The van der Waals surface area contributed by atoms with Crippen LogP contribution in [-0.4, -0.2) is 55.4 Å². The van der Waals surface area contributed by atoms with Gasteiger partial charge in [0, 0.05) is 27.3 Å². The summed E-state index contributed by atoms with van der Waals surface area (Å²) in [6.45, 7) is 2.78. The predicted molar refractivity (Wildman–Crippen MR) is 59.4 cm³/mol. The van der Waals surface area contributed by atoms with E-state index in [1.807, 2.05) is 0 Å². The van der Waals surface area contributed by atoms with Gasteiger partial charge in [-0.3, -0.25) is 0 Å². The largest absolute Gasteiger partial charge is 0.480 e. The first-order valence-corrected chi connectivity index (χ1v) is 5.27. The lowest BCUT2D eigenvalue weighted by Gasteiger charge is -2.23. The second-order valence-corrected chi connectivity index (χ2v) is 3.45. The summed E-state index contributed by atoms with van der Waals surface area (Å²) in [5, 5.41) is 11.5. The fraction of sp³-hybridized carbons (Fsp3) is 0.800. The Morgan fingerprint density at radius 2 is 2.12 bits per heavy atom. The molecule has 2 N–H and O–H groups in total. The molecule has 0 aromatic carbocycles. The standard InChI is InChI=1S/C10H20N2O4/c1-4-8(9(13)14)12(2)10(15)11-6-5-7-16-3/h8H,4-7H2,1-3H3,(H,11,15)(H,13,14). The van der Waals surface area contributed by atoms with E-state index < -0.39 is 12.0 Å². The average molecular weight is 232 g/mol. The number of urea groups is 1. The molecule has 94 valence electrons. The molecule has 0 heterocycles. The van der Waals surface area contributed by atoms with Crippen molar-refractivity contribution in [2.75, 3.05) is 27.3 Å². The molecule has 0 saturated heterocycles. The number of hydrogen-bond donors (Lipinski definition) is 2. The molecule has 1 atom stereocenters. The van der Waals surface area contributed by atoms with Crippen LogP contribution in [0.15, 0.2) is 0 Å². The molecule has 0 aliphatic rings. The second kappa shape index (κ2) is 7.92. The highest BCUT2D eigenvalue weighted by atomic mass is 16.5. The zero-order valence-electron chi connectivity index (χ0n) is 10.0. The summed E-state index contributed by atoms with van der Waals surface area (Å²) in [6.07, 6.45) is 1.09. The molecule has 6 heteroatoms. The molecule has 0 rings (SSSR count). The zero-order valence-corrected chi connectivity index (χ0v) is 10.0. The van der Waals surface area contributed by atoms with Crippen molar-refractivity contribution in [1.29, 1.82) is 0 Å². The smallest absolute Gasteiger partial charge is 0.326 e. The highest BCUT2D eigenvalue weighted by Gasteiger charge is 2.24. The number of nitrogens with zero attached hydrogens (tertiary/aromatic N) is 1. The number of rotatable bonds is 7. The van der Waals surface area contributed by atoms with E-state index in [0.29, 0.717) is 26.0 Å². The molecule has 0 spiro atoms. The summed E-state index contributed by atoms with van der Waals surface area (Å²) < 4.78 is 4.83. The van der Waals surface area contributed by atoms with Crippen molar-refractivity contribution in [3.05, 3.63) is 0 Å². The third-order valence-corrected chi connectivity index (χ3v) is 2.26. The van der Waals surface area contributed by atoms with Crippen molar-refractivity contribution in [2.45, 2.75) is 25.8 Å². The van der Waals surface area contributed by atoms with Crippen LogP contribution >= 0.6 is 0 Å². The van der Waals surface area contributed by atoms with Gasteiger partial charge < -0.3 is 20.1 Å². The first-order valence-electron chi connectivity index (χ1n) is 5.27. The Kier molecular flexibility index (Phi) is 7.28. The van der Waals surface area contributed by atoms with Crippen molar-refractivity contribution in [1.82, 2.24) is 10.2 Å². The number of amides is 2. The fourth-order valence-corrected chi connectivity index (χ4v) is 1.29. The molecule has 0 radical (unpaired) electrons. The van der Waals surface area contributed by atoms with Gasteiger partial charge in [-0.05, 0) is 12.8 Å². The number of carbonyl (C=O) groups excluding carboxylic acids is 1. The number of carbonyl (C=O) groups is 2. The van der Waals surface area contributed by atoms with Gasteiger partial charge in [-0.2, -0.15) is 0 Å². The molecule has 0 fully saturated rings. The Morgan fingerprint density at radius 1 is 1.50 bits per heavy atom. The van der Waals surface area contributed by atoms with Gasteiger partial charge in [0.15, 0.2) is 0 Å². The van der Waals surface area contributed by atoms with Crippen molar-refractivity contribution in [3.8, 4) is 0 Å². The summed E-state index contributed by atoms with van der Waals surface area (Å²) in [5.41, 5.74) is 0. The van der Waals surface area contributed by atoms with E-state index in [2.05, 4.69) is 5.32 Å². The third kappa shape index (κ3) is 4.97. The number of aliphatic carboxylic acids is 1. The molecule has 1 unspecified atom stereocenters. The van der Waals surface area contributed by atoms with Gasteiger partial charge >= 0.3 is 12.0 Å². The Hall–Kier alpha value is -1.30. The minimum Gasteiger partial charge on any atom is -0.480 e. The molecule has 0 aromatic rings. The molecular formula is C10H20N2O4. The first-order chi connectivity index (χ1) is 7.54.